The maximum atomic E-state index is 11.3. The summed E-state index contributed by atoms with van der Waals surface area (Å²) in [5.74, 6) is -0.159. The lowest BCUT2D eigenvalue weighted by molar-refractivity contribution is 0.0150. The van der Waals surface area contributed by atoms with Gasteiger partial charge in [-0.1, -0.05) is 24.3 Å². The number of hydrogen-bond acceptors (Lipinski definition) is 5. The fourth-order valence-electron chi connectivity index (χ4n) is 1.53. The normalized spacial score (nSPS) is 14.4. The van der Waals surface area contributed by atoms with Gasteiger partial charge in [0.1, 0.15) is 6.10 Å². The average molecular weight is 238 g/mol. The van der Waals surface area contributed by atoms with E-state index >= 15 is 0 Å². The van der Waals surface area contributed by atoms with Gasteiger partial charge in [0, 0.05) is 5.56 Å². The third kappa shape index (κ3) is 3.61. The minimum Gasteiger partial charge on any atom is -0.390 e. The third-order valence-electron chi connectivity index (χ3n) is 2.59. The van der Waals surface area contributed by atoms with Crippen molar-refractivity contribution in [2.45, 2.75) is 18.6 Å². The van der Waals surface area contributed by atoms with Crippen molar-refractivity contribution in [2.75, 3.05) is 13.1 Å². The molecular weight excluding hydrogens is 220 g/mol. The zero-order valence-corrected chi connectivity index (χ0v) is 9.54. The molecule has 5 nitrogen and oxygen atoms in total. The molecule has 0 radical (unpaired) electrons. The first-order valence-corrected chi connectivity index (χ1v) is 5.49. The Bertz CT molecular complexity index is 365. The van der Waals surface area contributed by atoms with Crippen LogP contribution in [0.2, 0.25) is 0 Å². The molecule has 17 heavy (non-hydrogen) atoms. The van der Waals surface area contributed by atoms with Gasteiger partial charge in [0.05, 0.1) is 12.6 Å². The van der Waals surface area contributed by atoms with Crippen LogP contribution in [-0.4, -0.2) is 35.2 Å². The molecule has 1 rings (SSSR count). The van der Waals surface area contributed by atoms with Crippen molar-refractivity contribution >= 4 is 5.78 Å². The second kappa shape index (κ2) is 6.46. The number of ketones is 1. The van der Waals surface area contributed by atoms with Gasteiger partial charge in [0.2, 0.25) is 0 Å². The van der Waals surface area contributed by atoms with Crippen LogP contribution in [0.1, 0.15) is 28.4 Å². The van der Waals surface area contributed by atoms with Crippen molar-refractivity contribution in [1.29, 1.82) is 0 Å². The van der Waals surface area contributed by atoms with Crippen LogP contribution in [0.5, 0.6) is 0 Å². The Morgan fingerprint density at radius 3 is 2.24 bits per heavy atom. The molecule has 0 aromatic heterocycles. The highest BCUT2D eigenvalue weighted by atomic mass is 16.3. The summed E-state index contributed by atoms with van der Waals surface area (Å²) < 4.78 is 0. The summed E-state index contributed by atoms with van der Waals surface area (Å²) in [7, 11) is 0. The Kier molecular flexibility index (Phi) is 5.24. The molecule has 0 saturated carbocycles. The molecule has 2 atom stereocenters. The standard InChI is InChI=1S/C12H18N2O3/c13-6-5-10(15)12(17)9-3-1-8(2-4-9)11(16)7-14/h1-4,10,12,15,17H,5-7,13-14H2. The molecule has 0 aliphatic rings. The first kappa shape index (κ1) is 13.8. The molecule has 6 N–H and O–H groups in total. The lowest BCUT2D eigenvalue weighted by Gasteiger charge is -2.17. The summed E-state index contributed by atoms with van der Waals surface area (Å²) >= 11 is 0. The van der Waals surface area contributed by atoms with Crippen molar-refractivity contribution in [3.63, 3.8) is 0 Å². The molecule has 0 spiro atoms. The van der Waals surface area contributed by atoms with Crippen LogP contribution in [0.4, 0.5) is 0 Å². The molecule has 0 aliphatic carbocycles. The molecule has 1 aromatic rings. The Morgan fingerprint density at radius 1 is 1.18 bits per heavy atom. The predicted molar refractivity (Wildman–Crippen MR) is 64.5 cm³/mol. The van der Waals surface area contributed by atoms with Gasteiger partial charge < -0.3 is 21.7 Å². The minimum atomic E-state index is -0.986. The van der Waals surface area contributed by atoms with Gasteiger partial charge in [0.15, 0.2) is 5.78 Å². The molecule has 0 fully saturated rings. The van der Waals surface area contributed by atoms with Gasteiger partial charge >= 0.3 is 0 Å². The molecule has 0 saturated heterocycles. The van der Waals surface area contributed by atoms with E-state index in [0.29, 0.717) is 24.1 Å². The van der Waals surface area contributed by atoms with Crippen molar-refractivity contribution in [3.05, 3.63) is 35.4 Å². The van der Waals surface area contributed by atoms with Crippen LogP contribution in [-0.2, 0) is 0 Å². The van der Waals surface area contributed by atoms with E-state index in [1.165, 1.54) is 0 Å². The largest absolute Gasteiger partial charge is 0.390 e. The molecule has 0 aliphatic heterocycles. The fourth-order valence-corrected chi connectivity index (χ4v) is 1.53. The van der Waals surface area contributed by atoms with Crippen molar-refractivity contribution < 1.29 is 15.0 Å². The number of carbonyl (C=O) groups excluding carboxylic acids is 1. The van der Waals surface area contributed by atoms with Crippen molar-refractivity contribution in [3.8, 4) is 0 Å². The quantitative estimate of drug-likeness (QED) is 0.503. The summed E-state index contributed by atoms with van der Waals surface area (Å²) in [5.41, 5.74) is 11.6. The molecule has 2 unspecified atom stereocenters. The van der Waals surface area contributed by atoms with Gasteiger partial charge in [0.25, 0.3) is 0 Å². The number of Topliss-reactive ketones (excluding diaryl/α,β-unsaturated/α-hetero) is 1. The van der Waals surface area contributed by atoms with Gasteiger partial charge in [-0.05, 0) is 18.5 Å². The van der Waals surface area contributed by atoms with Gasteiger partial charge in [-0.15, -0.1) is 0 Å². The number of benzene rings is 1. The molecule has 94 valence electrons. The van der Waals surface area contributed by atoms with Crippen LogP contribution < -0.4 is 11.5 Å². The number of aliphatic hydroxyl groups is 2. The summed E-state index contributed by atoms with van der Waals surface area (Å²) in [6, 6.07) is 6.38. The number of hydrogen-bond donors (Lipinski definition) is 4. The first-order valence-electron chi connectivity index (χ1n) is 5.49. The lowest BCUT2D eigenvalue weighted by atomic mass is 10.00. The van der Waals surface area contributed by atoms with Crippen LogP contribution in [0.3, 0.4) is 0 Å². The average Bonchev–Trinajstić information content (AvgIpc) is 2.37. The third-order valence-corrected chi connectivity index (χ3v) is 2.59. The van der Waals surface area contributed by atoms with Crippen LogP contribution in [0.25, 0.3) is 0 Å². The number of carbonyl (C=O) groups is 1. The highest BCUT2D eigenvalue weighted by molar-refractivity contribution is 5.97. The van der Waals surface area contributed by atoms with Crippen LogP contribution in [0.15, 0.2) is 24.3 Å². The molecule has 0 heterocycles. The van der Waals surface area contributed by atoms with E-state index in [-0.39, 0.29) is 12.3 Å². The minimum absolute atomic E-state index is 0.0439. The molecule has 0 amide bonds. The van der Waals surface area contributed by atoms with Crippen molar-refractivity contribution in [1.82, 2.24) is 0 Å². The first-order chi connectivity index (χ1) is 8.10. The summed E-state index contributed by atoms with van der Waals surface area (Å²) in [6.07, 6.45) is -1.55. The topological polar surface area (TPSA) is 110 Å². The zero-order chi connectivity index (χ0) is 12.8. The predicted octanol–water partition coefficient (Wildman–Crippen LogP) is -0.429. The second-order valence-corrected chi connectivity index (χ2v) is 3.84. The Labute approximate surface area is 100 Å². The van der Waals surface area contributed by atoms with Crippen LogP contribution >= 0.6 is 0 Å². The highest BCUT2D eigenvalue weighted by Gasteiger charge is 2.17. The van der Waals surface area contributed by atoms with E-state index in [1.807, 2.05) is 0 Å². The van der Waals surface area contributed by atoms with E-state index in [4.69, 9.17) is 11.5 Å². The Morgan fingerprint density at radius 2 is 1.76 bits per heavy atom. The summed E-state index contributed by atoms with van der Waals surface area (Å²) in [4.78, 5) is 11.3. The van der Waals surface area contributed by atoms with E-state index in [9.17, 15) is 15.0 Å². The number of rotatable bonds is 6. The summed E-state index contributed by atoms with van der Waals surface area (Å²) in [5, 5.41) is 19.4. The molecular formula is C12H18N2O3. The van der Waals surface area contributed by atoms with Crippen molar-refractivity contribution in [2.24, 2.45) is 11.5 Å². The SMILES string of the molecule is NCCC(O)C(O)c1ccc(C(=O)CN)cc1. The second-order valence-electron chi connectivity index (χ2n) is 3.84. The fraction of sp³-hybridized carbons (Fsp3) is 0.417. The highest BCUT2D eigenvalue weighted by Crippen LogP contribution is 2.19. The van der Waals surface area contributed by atoms with Gasteiger partial charge in [-0.25, -0.2) is 0 Å². The number of aliphatic hydroxyl groups excluding tert-OH is 2. The summed E-state index contributed by atoms with van der Waals surface area (Å²) in [6.45, 7) is 0.264. The molecule has 0 bridgehead atoms. The maximum Gasteiger partial charge on any atom is 0.176 e. The van der Waals surface area contributed by atoms with Crippen LogP contribution in [0, 0.1) is 0 Å². The molecule has 1 aromatic carbocycles. The van der Waals surface area contributed by atoms with E-state index in [1.54, 1.807) is 24.3 Å². The molecule has 5 heteroatoms. The van der Waals surface area contributed by atoms with E-state index in [0.717, 1.165) is 0 Å². The smallest absolute Gasteiger partial charge is 0.176 e. The Balaban J connectivity index is 2.76. The van der Waals surface area contributed by atoms with Gasteiger partial charge in [-0.3, -0.25) is 4.79 Å². The number of nitrogens with two attached hydrogens (primary N) is 2. The zero-order valence-electron chi connectivity index (χ0n) is 9.54. The lowest BCUT2D eigenvalue weighted by Crippen LogP contribution is -2.22. The van der Waals surface area contributed by atoms with Gasteiger partial charge in [-0.2, -0.15) is 0 Å². The van der Waals surface area contributed by atoms with E-state index < -0.39 is 12.2 Å². The Hall–Kier alpha value is -1.27. The monoisotopic (exact) mass is 238 g/mol. The van der Waals surface area contributed by atoms with E-state index in [2.05, 4.69) is 0 Å². The maximum absolute atomic E-state index is 11.3.